The number of β-amino-alcohol motifs (C(OH)–C–C–N with tert-alkyl or cyclic N) is 1. The second-order valence-corrected chi connectivity index (χ2v) is 7.25. The molecule has 1 amide bonds. The van der Waals surface area contributed by atoms with Crippen LogP contribution < -0.4 is 10.6 Å². The lowest BCUT2D eigenvalue weighted by Crippen LogP contribution is -2.42. The molecule has 0 saturated heterocycles. The van der Waals surface area contributed by atoms with Crippen LogP contribution in [-0.4, -0.2) is 48.2 Å². The molecular weight excluding hydrogens is 320 g/mol. The van der Waals surface area contributed by atoms with Crippen molar-refractivity contribution in [2.24, 2.45) is 5.92 Å². The van der Waals surface area contributed by atoms with Gasteiger partial charge in [0.25, 0.3) is 0 Å². The second kappa shape index (κ2) is 10.3. The number of para-hydroxylation sites is 1. The van der Waals surface area contributed by atoms with Gasteiger partial charge >= 0.3 is 0 Å². The molecule has 0 aromatic heterocycles. The van der Waals surface area contributed by atoms with Crippen LogP contribution in [0.3, 0.4) is 0 Å². The first-order valence-electron chi connectivity index (χ1n) is 8.53. The van der Waals surface area contributed by atoms with E-state index >= 15 is 0 Å². The van der Waals surface area contributed by atoms with Gasteiger partial charge in [-0.15, -0.1) is 0 Å². The van der Waals surface area contributed by atoms with Crippen molar-refractivity contribution >= 4 is 17.4 Å². The van der Waals surface area contributed by atoms with Crippen LogP contribution in [0.4, 0.5) is 5.69 Å². The molecule has 0 fully saturated rings. The largest absolute Gasteiger partial charge is 0.389 e. The van der Waals surface area contributed by atoms with Gasteiger partial charge in [-0.2, -0.15) is 0 Å². The van der Waals surface area contributed by atoms with Crippen LogP contribution in [-0.2, 0) is 14.3 Å². The number of aliphatic hydroxyl groups is 1. The van der Waals surface area contributed by atoms with Gasteiger partial charge in [0.15, 0.2) is 0 Å². The van der Waals surface area contributed by atoms with Gasteiger partial charge in [-0.1, -0.05) is 18.2 Å². The zero-order chi connectivity index (χ0) is 18.9. The van der Waals surface area contributed by atoms with Gasteiger partial charge < -0.3 is 20.5 Å². The highest BCUT2D eigenvalue weighted by molar-refractivity contribution is 5.94. The molecule has 2 unspecified atom stereocenters. The van der Waals surface area contributed by atoms with E-state index in [2.05, 4.69) is 10.6 Å². The molecule has 6 nitrogen and oxygen atoms in total. The van der Waals surface area contributed by atoms with E-state index in [-0.39, 0.29) is 36.9 Å². The number of hydrogen-bond donors (Lipinski definition) is 3. The van der Waals surface area contributed by atoms with E-state index in [0.717, 1.165) is 0 Å². The monoisotopic (exact) mass is 350 g/mol. The molecule has 25 heavy (non-hydrogen) atoms. The number of amides is 1. The minimum absolute atomic E-state index is 0.0561. The maximum atomic E-state index is 12.1. The van der Waals surface area contributed by atoms with Gasteiger partial charge in [0.1, 0.15) is 5.78 Å². The summed E-state index contributed by atoms with van der Waals surface area (Å²) in [5.41, 5.74) is 0.609. The van der Waals surface area contributed by atoms with Crippen molar-refractivity contribution in [1.29, 1.82) is 0 Å². The third kappa shape index (κ3) is 9.96. The first kappa shape index (κ1) is 21.3. The smallest absolute Gasteiger partial charge is 0.225 e. The maximum Gasteiger partial charge on any atom is 0.225 e. The summed E-state index contributed by atoms with van der Waals surface area (Å²) in [6.07, 6.45) is -0.606. The van der Waals surface area contributed by atoms with Crippen LogP contribution in [0.5, 0.6) is 0 Å². The zero-order valence-corrected chi connectivity index (χ0v) is 15.5. The molecule has 0 aliphatic carbocycles. The molecule has 3 N–H and O–H groups in total. The predicted molar refractivity (Wildman–Crippen MR) is 98.4 cm³/mol. The van der Waals surface area contributed by atoms with Crippen LogP contribution in [0.2, 0.25) is 0 Å². The predicted octanol–water partition coefficient (Wildman–Crippen LogP) is 1.99. The molecule has 140 valence electrons. The Morgan fingerprint density at radius 2 is 1.80 bits per heavy atom. The Morgan fingerprint density at radius 1 is 1.16 bits per heavy atom. The fourth-order valence-electron chi connectivity index (χ4n) is 2.11. The number of benzene rings is 1. The third-order valence-electron chi connectivity index (χ3n) is 3.56. The average Bonchev–Trinajstić information content (AvgIpc) is 2.52. The third-order valence-corrected chi connectivity index (χ3v) is 3.56. The van der Waals surface area contributed by atoms with Gasteiger partial charge in [0.2, 0.25) is 5.91 Å². The van der Waals surface area contributed by atoms with E-state index < -0.39 is 12.0 Å². The van der Waals surface area contributed by atoms with E-state index in [1.165, 1.54) is 6.92 Å². The Hall–Kier alpha value is -1.76. The summed E-state index contributed by atoms with van der Waals surface area (Å²) in [5.74, 6) is -0.859. The fourth-order valence-corrected chi connectivity index (χ4v) is 2.11. The minimum Gasteiger partial charge on any atom is -0.389 e. The maximum absolute atomic E-state index is 12.1. The van der Waals surface area contributed by atoms with Gasteiger partial charge in [-0.25, -0.2) is 0 Å². The van der Waals surface area contributed by atoms with E-state index in [1.54, 1.807) is 12.1 Å². The molecule has 0 heterocycles. The topological polar surface area (TPSA) is 87.7 Å². The van der Waals surface area contributed by atoms with E-state index in [0.29, 0.717) is 12.2 Å². The van der Waals surface area contributed by atoms with Gasteiger partial charge in [0.05, 0.1) is 19.3 Å². The van der Waals surface area contributed by atoms with E-state index in [1.807, 2.05) is 39.0 Å². The number of rotatable bonds is 10. The number of carbonyl (C=O) groups excluding carboxylic acids is 2. The lowest BCUT2D eigenvalue weighted by atomic mass is 10.0. The van der Waals surface area contributed by atoms with E-state index in [4.69, 9.17) is 4.74 Å². The van der Waals surface area contributed by atoms with Crippen molar-refractivity contribution in [3.63, 3.8) is 0 Å². The van der Waals surface area contributed by atoms with Crippen molar-refractivity contribution in [1.82, 2.24) is 5.32 Å². The molecule has 1 aromatic rings. The Bertz CT molecular complexity index is 540. The molecular formula is C19H30N2O4. The number of hydrogen-bond acceptors (Lipinski definition) is 5. The summed E-state index contributed by atoms with van der Waals surface area (Å²) in [5, 5.41) is 15.8. The van der Waals surface area contributed by atoms with Gasteiger partial charge in [0, 0.05) is 30.1 Å². The van der Waals surface area contributed by atoms with Crippen molar-refractivity contribution in [2.75, 3.05) is 25.1 Å². The number of Topliss-reactive ketones (excluding diaryl/α,β-unsaturated/α-hetero) is 1. The van der Waals surface area contributed by atoms with Crippen LogP contribution in [0, 0.1) is 5.92 Å². The number of ether oxygens (including phenoxy) is 1. The summed E-state index contributed by atoms with van der Waals surface area (Å²) in [6, 6.07) is 9.09. The highest BCUT2D eigenvalue weighted by atomic mass is 16.5. The zero-order valence-electron chi connectivity index (χ0n) is 15.5. The highest BCUT2D eigenvalue weighted by Gasteiger charge is 2.20. The quantitative estimate of drug-likeness (QED) is 0.601. The Kier molecular flexibility index (Phi) is 8.75. The van der Waals surface area contributed by atoms with Crippen LogP contribution >= 0.6 is 0 Å². The molecule has 0 bridgehead atoms. The molecule has 0 radical (unpaired) electrons. The van der Waals surface area contributed by atoms with Crippen LogP contribution in [0.1, 0.15) is 34.1 Å². The molecule has 0 aliphatic heterocycles. The lowest BCUT2D eigenvalue weighted by molar-refractivity contribution is -0.128. The summed E-state index contributed by atoms with van der Waals surface area (Å²) in [4.78, 5) is 23.8. The standard InChI is InChI=1S/C19H30N2O4/c1-14(22)15(10-18(24)21-16-8-6-5-7-9-16)12-25-13-17(23)11-20-19(2,3)4/h5-9,15,17,20,23H,10-13H2,1-4H3,(H,21,24). The summed E-state index contributed by atoms with van der Waals surface area (Å²) < 4.78 is 5.44. The number of ketones is 1. The summed E-state index contributed by atoms with van der Waals surface area (Å²) in [6.45, 7) is 8.12. The number of nitrogens with one attached hydrogen (secondary N) is 2. The number of carbonyl (C=O) groups is 2. The number of aliphatic hydroxyl groups excluding tert-OH is 1. The number of anilines is 1. The second-order valence-electron chi connectivity index (χ2n) is 7.25. The Labute approximate surface area is 150 Å². The summed E-state index contributed by atoms with van der Waals surface area (Å²) in [7, 11) is 0. The molecule has 0 saturated carbocycles. The van der Waals surface area contributed by atoms with Gasteiger partial charge in [-0.3, -0.25) is 9.59 Å². The fraction of sp³-hybridized carbons (Fsp3) is 0.579. The Balaban J connectivity index is 2.36. The normalized spacial score (nSPS) is 14.0. The Morgan fingerprint density at radius 3 is 2.36 bits per heavy atom. The average molecular weight is 350 g/mol. The summed E-state index contributed by atoms with van der Waals surface area (Å²) >= 11 is 0. The molecule has 0 spiro atoms. The molecule has 1 rings (SSSR count). The molecule has 0 aliphatic rings. The first-order chi connectivity index (χ1) is 11.7. The highest BCUT2D eigenvalue weighted by Crippen LogP contribution is 2.11. The van der Waals surface area contributed by atoms with E-state index in [9.17, 15) is 14.7 Å². The molecule has 2 atom stereocenters. The van der Waals surface area contributed by atoms with Crippen molar-refractivity contribution in [3.05, 3.63) is 30.3 Å². The van der Waals surface area contributed by atoms with Crippen molar-refractivity contribution in [2.45, 2.75) is 45.8 Å². The van der Waals surface area contributed by atoms with Crippen LogP contribution in [0.15, 0.2) is 30.3 Å². The van der Waals surface area contributed by atoms with Gasteiger partial charge in [-0.05, 0) is 39.8 Å². The van der Waals surface area contributed by atoms with Crippen molar-refractivity contribution < 1.29 is 19.4 Å². The van der Waals surface area contributed by atoms with Crippen LogP contribution in [0.25, 0.3) is 0 Å². The molecule has 6 heteroatoms. The molecule has 1 aromatic carbocycles. The first-order valence-corrected chi connectivity index (χ1v) is 8.53. The lowest BCUT2D eigenvalue weighted by Gasteiger charge is -2.23. The minimum atomic E-state index is -0.662. The van der Waals surface area contributed by atoms with Crippen molar-refractivity contribution in [3.8, 4) is 0 Å². The SMILES string of the molecule is CC(=O)C(COCC(O)CNC(C)(C)C)CC(=O)Nc1ccccc1.